The number of piperidine rings is 1. The molecule has 0 saturated carbocycles. The van der Waals surface area contributed by atoms with Crippen molar-refractivity contribution in [1.82, 2.24) is 9.80 Å². The molecule has 0 amide bonds. The summed E-state index contributed by atoms with van der Waals surface area (Å²) in [5.74, 6) is 0.799. The molecule has 1 aliphatic rings. The fraction of sp³-hybridized carbons (Fsp3) is 1.00. The lowest BCUT2D eigenvalue weighted by Crippen LogP contribution is -2.43. The Morgan fingerprint density at radius 2 is 2.15 bits per heavy atom. The fourth-order valence-electron chi connectivity index (χ4n) is 1.86. The minimum atomic E-state index is 0.635. The molecule has 1 unspecified atom stereocenters. The number of halogens is 1. The first-order valence-corrected chi connectivity index (χ1v) is 5.72. The normalized spacial score (nSPS) is 25.4. The van der Waals surface area contributed by atoms with Crippen molar-refractivity contribution in [3.8, 4) is 0 Å². The van der Waals surface area contributed by atoms with Crippen LogP contribution in [-0.4, -0.2) is 55.5 Å². The summed E-state index contributed by atoms with van der Waals surface area (Å²) in [6, 6.07) is 0.635. The minimum absolute atomic E-state index is 0.635. The highest BCUT2D eigenvalue weighted by Crippen LogP contribution is 2.17. The first-order chi connectivity index (χ1) is 6.24. The van der Waals surface area contributed by atoms with Crippen molar-refractivity contribution >= 4 is 11.6 Å². The van der Waals surface area contributed by atoms with Crippen molar-refractivity contribution in [3.63, 3.8) is 0 Å². The van der Waals surface area contributed by atoms with Crippen LogP contribution in [0.3, 0.4) is 0 Å². The van der Waals surface area contributed by atoms with Crippen LogP contribution in [0.5, 0.6) is 0 Å². The van der Waals surface area contributed by atoms with Crippen molar-refractivity contribution in [2.24, 2.45) is 0 Å². The van der Waals surface area contributed by atoms with Gasteiger partial charge in [-0.1, -0.05) is 6.42 Å². The average molecular weight is 205 g/mol. The highest BCUT2D eigenvalue weighted by atomic mass is 35.5. The molecule has 0 aliphatic carbocycles. The number of likely N-dealkylation sites (N-methyl/N-ethyl adjacent to an activating group) is 1. The van der Waals surface area contributed by atoms with Crippen LogP contribution >= 0.6 is 11.6 Å². The van der Waals surface area contributed by atoms with E-state index in [0.29, 0.717) is 6.04 Å². The average Bonchev–Trinajstić information content (AvgIpc) is 2.15. The monoisotopic (exact) mass is 204 g/mol. The van der Waals surface area contributed by atoms with Crippen LogP contribution in [0.25, 0.3) is 0 Å². The zero-order valence-corrected chi connectivity index (χ0v) is 9.56. The Morgan fingerprint density at radius 1 is 1.38 bits per heavy atom. The molecular formula is C10H21ClN2. The highest BCUT2D eigenvalue weighted by Gasteiger charge is 2.20. The van der Waals surface area contributed by atoms with Crippen molar-refractivity contribution < 1.29 is 0 Å². The van der Waals surface area contributed by atoms with E-state index in [0.717, 1.165) is 12.4 Å². The largest absolute Gasteiger partial charge is 0.308 e. The molecule has 0 N–H and O–H groups in total. The van der Waals surface area contributed by atoms with E-state index in [1.54, 1.807) is 0 Å². The van der Waals surface area contributed by atoms with E-state index in [2.05, 4.69) is 23.9 Å². The predicted octanol–water partition coefficient (Wildman–Crippen LogP) is 1.64. The lowest BCUT2D eigenvalue weighted by atomic mass is 10.0. The van der Waals surface area contributed by atoms with E-state index in [1.807, 2.05) is 0 Å². The summed E-state index contributed by atoms with van der Waals surface area (Å²) in [5, 5.41) is 0. The van der Waals surface area contributed by atoms with Crippen LogP contribution in [0, 0.1) is 0 Å². The van der Waals surface area contributed by atoms with Gasteiger partial charge in [-0.25, -0.2) is 0 Å². The van der Waals surface area contributed by atoms with Gasteiger partial charge in [0, 0.05) is 25.0 Å². The molecule has 1 rings (SSSR count). The molecule has 1 heterocycles. The number of alkyl halides is 1. The maximum absolute atomic E-state index is 5.94. The third-order valence-electron chi connectivity index (χ3n) is 2.76. The second kappa shape index (κ2) is 5.84. The van der Waals surface area contributed by atoms with Crippen molar-refractivity contribution in [3.05, 3.63) is 0 Å². The van der Waals surface area contributed by atoms with Gasteiger partial charge in [-0.2, -0.15) is 0 Å². The van der Waals surface area contributed by atoms with E-state index in [9.17, 15) is 0 Å². The summed E-state index contributed by atoms with van der Waals surface area (Å²) in [4.78, 5) is 4.77. The molecule has 0 spiro atoms. The Bertz CT molecular complexity index is 139. The number of nitrogens with zero attached hydrogens (tertiary/aromatic N) is 2. The Labute approximate surface area is 86.8 Å². The molecule has 1 atom stereocenters. The fourth-order valence-corrected chi connectivity index (χ4v) is 2.21. The van der Waals surface area contributed by atoms with Gasteiger partial charge in [0.2, 0.25) is 0 Å². The molecule has 2 nitrogen and oxygen atoms in total. The Hall–Kier alpha value is 0.210. The van der Waals surface area contributed by atoms with Gasteiger partial charge in [-0.05, 0) is 33.5 Å². The SMILES string of the molecule is CN(C)CCN1CCCCC1CCl. The van der Waals surface area contributed by atoms with E-state index < -0.39 is 0 Å². The summed E-state index contributed by atoms with van der Waals surface area (Å²) in [6.07, 6.45) is 3.99. The second-order valence-corrected chi connectivity index (χ2v) is 4.45. The standard InChI is InChI=1S/C10H21ClN2/c1-12(2)7-8-13-6-4-3-5-10(13)9-11/h10H,3-9H2,1-2H3. The first kappa shape index (κ1) is 11.3. The van der Waals surface area contributed by atoms with Gasteiger partial charge in [0.25, 0.3) is 0 Å². The molecule has 1 saturated heterocycles. The molecule has 0 bridgehead atoms. The first-order valence-electron chi connectivity index (χ1n) is 5.19. The zero-order chi connectivity index (χ0) is 9.68. The number of hydrogen-bond acceptors (Lipinski definition) is 2. The van der Waals surface area contributed by atoms with Gasteiger partial charge in [0.15, 0.2) is 0 Å². The van der Waals surface area contributed by atoms with Gasteiger partial charge in [-0.3, -0.25) is 4.90 Å². The molecular weight excluding hydrogens is 184 g/mol. The van der Waals surface area contributed by atoms with Crippen LogP contribution in [0.2, 0.25) is 0 Å². The van der Waals surface area contributed by atoms with E-state index in [-0.39, 0.29) is 0 Å². The van der Waals surface area contributed by atoms with E-state index in [1.165, 1.54) is 32.4 Å². The summed E-state index contributed by atoms with van der Waals surface area (Å²) in [6.45, 7) is 3.56. The van der Waals surface area contributed by atoms with Crippen LogP contribution in [0.1, 0.15) is 19.3 Å². The maximum Gasteiger partial charge on any atom is 0.0379 e. The van der Waals surface area contributed by atoms with Crippen molar-refractivity contribution in [2.45, 2.75) is 25.3 Å². The summed E-state index contributed by atoms with van der Waals surface area (Å²) in [7, 11) is 4.25. The molecule has 78 valence electrons. The lowest BCUT2D eigenvalue weighted by Gasteiger charge is -2.35. The predicted molar refractivity (Wildman–Crippen MR) is 58.5 cm³/mol. The van der Waals surface area contributed by atoms with E-state index in [4.69, 9.17) is 11.6 Å². The Morgan fingerprint density at radius 3 is 2.77 bits per heavy atom. The topological polar surface area (TPSA) is 6.48 Å². The lowest BCUT2D eigenvalue weighted by molar-refractivity contribution is 0.150. The van der Waals surface area contributed by atoms with E-state index >= 15 is 0 Å². The molecule has 0 aromatic heterocycles. The summed E-state index contributed by atoms with van der Waals surface area (Å²) >= 11 is 5.94. The van der Waals surface area contributed by atoms with Crippen LogP contribution in [0.15, 0.2) is 0 Å². The van der Waals surface area contributed by atoms with Crippen LogP contribution in [0.4, 0.5) is 0 Å². The van der Waals surface area contributed by atoms with Gasteiger partial charge in [0.1, 0.15) is 0 Å². The number of likely N-dealkylation sites (tertiary alicyclic amines) is 1. The van der Waals surface area contributed by atoms with Gasteiger partial charge in [0.05, 0.1) is 0 Å². The van der Waals surface area contributed by atoms with Gasteiger partial charge >= 0.3 is 0 Å². The molecule has 1 aliphatic heterocycles. The Balaban J connectivity index is 2.27. The van der Waals surface area contributed by atoms with Crippen LogP contribution < -0.4 is 0 Å². The van der Waals surface area contributed by atoms with Gasteiger partial charge in [-0.15, -0.1) is 11.6 Å². The third-order valence-corrected chi connectivity index (χ3v) is 3.12. The van der Waals surface area contributed by atoms with Gasteiger partial charge < -0.3 is 4.90 Å². The molecule has 0 aromatic carbocycles. The minimum Gasteiger partial charge on any atom is -0.308 e. The van der Waals surface area contributed by atoms with Crippen molar-refractivity contribution in [2.75, 3.05) is 39.6 Å². The molecule has 1 fully saturated rings. The smallest absolute Gasteiger partial charge is 0.0379 e. The summed E-state index contributed by atoms with van der Waals surface area (Å²) < 4.78 is 0. The summed E-state index contributed by atoms with van der Waals surface area (Å²) in [5.41, 5.74) is 0. The number of rotatable bonds is 4. The van der Waals surface area contributed by atoms with Crippen LogP contribution in [-0.2, 0) is 0 Å². The zero-order valence-electron chi connectivity index (χ0n) is 8.80. The second-order valence-electron chi connectivity index (χ2n) is 4.14. The Kier molecular flexibility index (Phi) is 5.07. The quantitative estimate of drug-likeness (QED) is 0.643. The molecule has 0 radical (unpaired) electrons. The maximum atomic E-state index is 5.94. The molecule has 3 heteroatoms. The third kappa shape index (κ3) is 3.84. The van der Waals surface area contributed by atoms with Crippen molar-refractivity contribution in [1.29, 1.82) is 0 Å². The number of hydrogen-bond donors (Lipinski definition) is 0. The molecule has 0 aromatic rings. The molecule has 13 heavy (non-hydrogen) atoms. The highest BCUT2D eigenvalue weighted by molar-refractivity contribution is 6.18.